The van der Waals surface area contributed by atoms with E-state index < -0.39 is 0 Å². The van der Waals surface area contributed by atoms with Crippen LogP contribution in [0.15, 0.2) is 17.1 Å². The Kier molecular flexibility index (Phi) is 6.19. The molecule has 1 heterocycles. The molecule has 1 aliphatic heterocycles. The molecule has 0 aromatic heterocycles. The van der Waals surface area contributed by atoms with Crippen LogP contribution >= 0.6 is 0 Å². The molecule has 150 valence electrons. The van der Waals surface area contributed by atoms with Crippen molar-refractivity contribution < 1.29 is 9.59 Å². The van der Waals surface area contributed by atoms with Crippen LogP contribution in [0, 0.1) is 23.7 Å². The van der Waals surface area contributed by atoms with Gasteiger partial charge in [-0.2, -0.15) is 0 Å². The molecule has 27 heavy (non-hydrogen) atoms. The van der Waals surface area contributed by atoms with Crippen molar-refractivity contribution in [3.05, 3.63) is 12.2 Å². The lowest BCUT2D eigenvalue weighted by Gasteiger charge is -2.25. The van der Waals surface area contributed by atoms with Crippen LogP contribution in [0.4, 0.5) is 0 Å². The number of carbonyl (C=O) groups excluding carboxylic acids is 2. The van der Waals surface area contributed by atoms with Gasteiger partial charge >= 0.3 is 0 Å². The Morgan fingerprint density at radius 3 is 2.30 bits per heavy atom. The highest BCUT2D eigenvalue weighted by Gasteiger charge is 2.58. The maximum atomic E-state index is 12.7. The molecule has 3 rings (SSSR count). The number of hydrogen-bond acceptors (Lipinski definition) is 4. The van der Waals surface area contributed by atoms with Crippen LogP contribution in [-0.2, 0) is 9.59 Å². The lowest BCUT2D eigenvalue weighted by atomic mass is 9.85. The van der Waals surface area contributed by atoms with Crippen LogP contribution in [0.5, 0.6) is 0 Å². The van der Waals surface area contributed by atoms with Crippen molar-refractivity contribution in [2.75, 3.05) is 39.8 Å². The fourth-order valence-corrected chi connectivity index (χ4v) is 4.79. The van der Waals surface area contributed by atoms with Gasteiger partial charge in [-0.25, -0.2) is 0 Å². The smallest absolute Gasteiger partial charge is 0.233 e. The second kappa shape index (κ2) is 8.42. The second-order valence-corrected chi connectivity index (χ2v) is 7.98. The van der Waals surface area contributed by atoms with E-state index in [-0.39, 0.29) is 35.5 Å². The zero-order chi connectivity index (χ0) is 19.6. The number of amides is 2. The average Bonchev–Trinajstić information content (AvgIpc) is 3.32. The molecule has 4 unspecified atom stereocenters. The first-order valence-corrected chi connectivity index (χ1v) is 10.2. The summed E-state index contributed by atoms with van der Waals surface area (Å²) >= 11 is 0. The molecule has 2 fully saturated rings. The van der Waals surface area contributed by atoms with Gasteiger partial charge < -0.3 is 10.6 Å². The third kappa shape index (κ3) is 3.88. The van der Waals surface area contributed by atoms with Gasteiger partial charge in [-0.1, -0.05) is 19.1 Å². The van der Waals surface area contributed by atoms with Gasteiger partial charge in [0.25, 0.3) is 0 Å². The molecule has 2 aliphatic carbocycles. The maximum absolute atomic E-state index is 12.7. The van der Waals surface area contributed by atoms with Crippen molar-refractivity contribution in [1.82, 2.24) is 20.4 Å². The van der Waals surface area contributed by atoms with E-state index in [0.29, 0.717) is 25.1 Å². The van der Waals surface area contributed by atoms with Crippen LogP contribution in [0.2, 0.25) is 0 Å². The molecule has 7 heteroatoms. The summed E-state index contributed by atoms with van der Waals surface area (Å²) in [5.74, 6) is 1.06. The number of hydrogen-bond donors (Lipinski definition) is 2. The van der Waals surface area contributed by atoms with Gasteiger partial charge in [0, 0.05) is 39.3 Å². The van der Waals surface area contributed by atoms with Gasteiger partial charge in [-0.05, 0) is 38.6 Å². The molecule has 0 aromatic rings. The molecule has 0 radical (unpaired) electrons. The number of likely N-dealkylation sites (N-methyl/N-ethyl adjacent to an activating group) is 1. The van der Waals surface area contributed by atoms with Crippen molar-refractivity contribution in [1.29, 1.82) is 0 Å². The summed E-state index contributed by atoms with van der Waals surface area (Å²) in [6, 6.07) is 0.517. The average molecular weight is 376 g/mol. The Labute approximate surface area is 162 Å². The summed E-state index contributed by atoms with van der Waals surface area (Å²) in [4.78, 5) is 33.4. The van der Waals surface area contributed by atoms with Crippen molar-refractivity contribution in [2.24, 2.45) is 28.7 Å². The minimum Gasteiger partial charge on any atom is -0.355 e. The Balaban J connectivity index is 1.43. The molecule has 2 amide bonds. The largest absolute Gasteiger partial charge is 0.355 e. The fourth-order valence-electron chi connectivity index (χ4n) is 4.79. The molecule has 1 saturated heterocycles. The quantitative estimate of drug-likeness (QED) is 0.283. The molecule has 2 N–H and O–H groups in total. The molecule has 2 bridgehead atoms. The molecule has 0 aromatic carbocycles. The van der Waals surface area contributed by atoms with Crippen LogP contribution in [0.25, 0.3) is 0 Å². The highest BCUT2D eigenvalue weighted by Crippen LogP contribution is 2.52. The van der Waals surface area contributed by atoms with Crippen molar-refractivity contribution in [3.63, 3.8) is 0 Å². The Bertz CT molecular complexity index is 600. The van der Waals surface area contributed by atoms with Crippen molar-refractivity contribution >= 4 is 17.8 Å². The van der Waals surface area contributed by atoms with E-state index in [1.54, 1.807) is 7.05 Å². The third-order valence-corrected chi connectivity index (χ3v) is 6.24. The minimum atomic E-state index is -0.110. The van der Waals surface area contributed by atoms with Gasteiger partial charge in [-0.15, -0.1) is 0 Å². The summed E-state index contributed by atoms with van der Waals surface area (Å²) in [5.41, 5.74) is 0. The highest BCUT2D eigenvalue weighted by atomic mass is 16.2. The maximum Gasteiger partial charge on any atom is 0.233 e. The number of fused-ring (bicyclic) bond motifs is 5. The Morgan fingerprint density at radius 2 is 1.78 bits per heavy atom. The number of carbonyl (C=O) groups is 2. The molecular weight excluding hydrogens is 342 g/mol. The predicted octanol–water partition coefficient (Wildman–Crippen LogP) is 0.689. The summed E-state index contributed by atoms with van der Waals surface area (Å²) in [6.45, 7) is 10.2. The van der Waals surface area contributed by atoms with E-state index in [1.807, 2.05) is 0 Å². The standard InChI is InChI=1S/C20H33N5O2/c1-5-24(13(2)3)10-8-22-20(21-4)23-9-11-25-18(26)16-14-6-7-15(12-14)17(16)19(25)27/h6-7,13-17H,5,8-12H2,1-4H3,(H2,21,22,23). The second-order valence-electron chi connectivity index (χ2n) is 7.98. The number of guanidine groups is 1. The zero-order valence-corrected chi connectivity index (χ0v) is 16.9. The molecule has 4 atom stereocenters. The summed E-state index contributed by atoms with van der Waals surface area (Å²) in [7, 11) is 1.73. The van der Waals surface area contributed by atoms with Gasteiger partial charge in [0.05, 0.1) is 11.8 Å². The number of imide groups is 1. The van der Waals surface area contributed by atoms with E-state index in [1.165, 1.54) is 4.90 Å². The minimum absolute atomic E-state index is 0.0158. The number of allylic oxidation sites excluding steroid dienone is 2. The molecule has 3 aliphatic rings. The van der Waals surface area contributed by atoms with Crippen LogP contribution in [-0.4, -0.2) is 73.4 Å². The van der Waals surface area contributed by atoms with E-state index in [2.05, 4.69) is 53.4 Å². The number of nitrogens with one attached hydrogen (secondary N) is 2. The van der Waals surface area contributed by atoms with E-state index >= 15 is 0 Å². The topological polar surface area (TPSA) is 77.0 Å². The fraction of sp³-hybridized carbons (Fsp3) is 0.750. The highest BCUT2D eigenvalue weighted by molar-refractivity contribution is 6.06. The zero-order valence-electron chi connectivity index (χ0n) is 16.9. The van der Waals surface area contributed by atoms with Gasteiger partial charge in [0.2, 0.25) is 11.8 Å². The monoisotopic (exact) mass is 375 g/mol. The third-order valence-electron chi connectivity index (χ3n) is 6.24. The van der Waals surface area contributed by atoms with Crippen LogP contribution in [0.3, 0.4) is 0 Å². The first kappa shape index (κ1) is 19.9. The molecular formula is C20H33N5O2. The van der Waals surface area contributed by atoms with Crippen LogP contribution in [0.1, 0.15) is 27.2 Å². The van der Waals surface area contributed by atoms with Crippen molar-refractivity contribution in [3.8, 4) is 0 Å². The lowest BCUT2D eigenvalue weighted by molar-refractivity contribution is -0.140. The van der Waals surface area contributed by atoms with Gasteiger partial charge in [0.15, 0.2) is 5.96 Å². The van der Waals surface area contributed by atoms with Crippen molar-refractivity contribution in [2.45, 2.75) is 33.2 Å². The summed E-state index contributed by atoms with van der Waals surface area (Å²) < 4.78 is 0. The summed E-state index contributed by atoms with van der Waals surface area (Å²) in [5, 5.41) is 6.52. The Morgan fingerprint density at radius 1 is 1.19 bits per heavy atom. The number of aliphatic imine (C=N–C) groups is 1. The van der Waals surface area contributed by atoms with Crippen LogP contribution < -0.4 is 10.6 Å². The molecule has 1 saturated carbocycles. The lowest BCUT2D eigenvalue weighted by Crippen LogP contribution is -2.46. The Hall–Kier alpha value is -1.89. The predicted molar refractivity (Wildman–Crippen MR) is 106 cm³/mol. The molecule has 0 spiro atoms. The number of likely N-dealkylation sites (tertiary alicyclic amines) is 1. The first-order chi connectivity index (χ1) is 13.0. The normalized spacial score (nSPS) is 29.4. The van der Waals surface area contributed by atoms with Gasteiger partial charge in [-0.3, -0.25) is 24.4 Å². The first-order valence-electron chi connectivity index (χ1n) is 10.2. The number of rotatable bonds is 8. The SMILES string of the molecule is CCN(CCNC(=NC)NCCN1C(=O)C2C3C=CC(C3)C2C1=O)C(C)C. The van der Waals surface area contributed by atoms with E-state index in [4.69, 9.17) is 0 Å². The van der Waals surface area contributed by atoms with E-state index in [0.717, 1.165) is 26.1 Å². The number of nitrogens with zero attached hydrogens (tertiary/aromatic N) is 3. The van der Waals surface area contributed by atoms with E-state index in [9.17, 15) is 9.59 Å². The summed E-state index contributed by atoms with van der Waals surface area (Å²) in [6.07, 6.45) is 5.23. The molecule has 7 nitrogen and oxygen atoms in total. The van der Waals surface area contributed by atoms with Gasteiger partial charge in [0.1, 0.15) is 0 Å².